The highest BCUT2D eigenvalue weighted by Gasteiger charge is 2.21. The van der Waals surface area contributed by atoms with E-state index in [1.165, 1.54) is 22.9 Å². The molecule has 7 heteroatoms. The van der Waals surface area contributed by atoms with Crippen LogP contribution in [-0.2, 0) is 11.2 Å². The Morgan fingerprint density at radius 1 is 1.14 bits per heavy atom. The summed E-state index contributed by atoms with van der Waals surface area (Å²) in [4.78, 5) is 20.3. The molecule has 1 amide bonds. The number of fused-ring (bicyclic) bond motifs is 4. The van der Waals surface area contributed by atoms with E-state index in [1.54, 1.807) is 0 Å². The van der Waals surface area contributed by atoms with Gasteiger partial charge in [0.25, 0.3) is 0 Å². The molecule has 5 rings (SSSR count). The number of thioether (sulfide) groups is 1. The lowest BCUT2D eigenvalue weighted by molar-refractivity contribution is -0.119. The normalized spacial score (nSPS) is 16.2. The Morgan fingerprint density at radius 3 is 2.96 bits per heavy atom. The molecular formula is C21H19N5OS. The van der Waals surface area contributed by atoms with Gasteiger partial charge in [-0.2, -0.15) is 0 Å². The molecule has 0 spiro atoms. The number of para-hydroxylation sites is 1. The highest BCUT2D eigenvalue weighted by molar-refractivity contribution is 7.99. The van der Waals surface area contributed by atoms with E-state index in [0.29, 0.717) is 10.8 Å². The monoisotopic (exact) mass is 389 g/mol. The highest BCUT2D eigenvalue weighted by Crippen LogP contribution is 2.29. The molecule has 0 saturated carbocycles. The Labute approximate surface area is 166 Å². The van der Waals surface area contributed by atoms with Gasteiger partial charge in [0, 0.05) is 10.9 Å². The standard InChI is InChI=1S/C21H19N5OS/c27-18(22-16-11-5-7-13-6-1-2-8-14(13)16)12-28-21-24-20-19(25-26-21)15-9-3-4-10-17(15)23-20/h1-4,6,8-10,16H,5,7,11-12H2,(H,22,27)(H,23,24,26)/t16-/m1/s1. The first kappa shape index (κ1) is 17.2. The fraction of sp³-hybridized carbons (Fsp3) is 0.238. The number of aryl methyl sites for hydroxylation is 1. The summed E-state index contributed by atoms with van der Waals surface area (Å²) >= 11 is 1.31. The van der Waals surface area contributed by atoms with Gasteiger partial charge in [-0.25, -0.2) is 4.98 Å². The van der Waals surface area contributed by atoms with Gasteiger partial charge in [0.1, 0.15) is 5.52 Å². The maximum Gasteiger partial charge on any atom is 0.230 e. The second kappa shape index (κ2) is 7.24. The van der Waals surface area contributed by atoms with Crippen LogP contribution in [0.2, 0.25) is 0 Å². The third-order valence-corrected chi connectivity index (χ3v) is 5.98. The number of rotatable bonds is 4. The molecule has 2 N–H and O–H groups in total. The number of hydrogen-bond acceptors (Lipinski definition) is 5. The van der Waals surface area contributed by atoms with Gasteiger partial charge in [-0.15, -0.1) is 10.2 Å². The third kappa shape index (κ3) is 3.22. The predicted octanol–water partition coefficient (Wildman–Crippen LogP) is 3.79. The molecule has 2 aromatic heterocycles. The van der Waals surface area contributed by atoms with Crippen molar-refractivity contribution >= 4 is 39.7 Å². The smallest absolute Gasteiger partial charge is 0.230 e. The molecule has 0 fully saturated rings. The summed E-state index contributed by atoms with van der Waals surface area (Å²) < 4.78 is 0. The molecule has 0 bridgehead atoms. The van der Waals surface area contributed by atoms with Gasteiger partial charge in [0.15, 0.2) is 5.65 Å². The van der Waals surface area contributed by atoms with Gasteiger partial charge in [-0.05, 0) is 36.5 Å². The maximum atomic E-state index is 12.5. The van der Waals surface area contributed by atoms with Gasteiger partial charge < -0.3 is 10.3 Å². The summed E-state index contributed by atoms with van der Waals surface area (Å²) in [5, 5.41) is 13.1. The number of nitrogens with one attached hydrogen (secondary N) is 2. The average Bonchev–Trinajstić information content (AvgIpc) is 3.10. The maximum absolute atomic E-state index is 12.5. The second-order valence-electron chi connectivity index (χ2n) is 6.96. The molecule has 0 radical (unpaired) electrons. The predicted molar refractivity (Wildman–Crippen MR) is 110 cm³/mol. The zero-order valence-corrected chi connectivity index (χ0v) is 16.0. The first-order valence-corrected chi connectivity index (χ1v) is 10.4. The van der Waals surface area contributed by atoms with Crippen LogP contribution in [0.15, 0.2) is 53.7 Å². The van der Waals surface area contributed by atoms with E-state index >= 15 is 0 Å². The lowest BCUT2D eigenvalue weighted by atomic mass is 9.88. The van der Waals surface area contributed by atoms with Crippen LogP contribution in [0.4, 0.5) is 0 Å². The summed E-state index contributed by atoms with van der Waals surface area (Å²) in [6.45, 7) is 0. The molecule has 4 aromatic rings. The topological polar surface area (TPSA) is 83.6 Å². The minimum atomic E-state index is -0.00736. The summed E-state index contributed by atoms with van der Waals surface area (Å²) in [6.07, 6.45) is 3.16. The van der Waals surface area contributed by atoms with Gasteiger partial charge >= 0.3 is 0 Å². The van der Waals surface area contributed by atoms with Crippen molar-refractivity contribution in [2.75, 3.05) is 5.75 Å². The van der Waals surface area contributed by atoms with Crippen molar-refractivity contribution < 1.29 is 4.79 Å². The minimum Gasteiger partial charge on any atom is -0.349 e. The van der Waals surface area contributed by atoms with Crippen LogP contribution in [0, 0.1) is 0 Å². The molecule has 6 nitrogen and oxygen atoms in total. The van der Waals surface area contributed by atoms with Crippen LogP contribution in [-0.4, -0.2) is 31.8 Å². The summed E-state index contributed by atoms with van der Waals surface area (Å²) in [6, 6.07) is 16.4. The Morgan fingerprint density at radius 2 is 2.00 bits per heavy atom. The minimum absolute atomic E-state index is 0.00736. The number of H-pyrrole nitrogens is 1. The Kier molecular flexibility index (Phi) is 4.44. The van der Waals surface area contributed by atoms with Crippen LogP contribution in [0.5, 0.6) is 0 Å². The second-order valence-corrected chi connectivity index (χ2v) is 7.90. The van der Waals surface area contributed by atoms with Crippen molar-refractivity contribution in [3.8, 4) is 0 Å². The van der Waals surface area contributed by atoms with E-state index < -0.39 is 0 Å². The molecular weight excluding hydrogens is 370 g/mol. The Hall–Kier alpha value is -2.93. The first-order chi connectivity index (χ1) is 13.8. The molecule has 1 aliphatic rings. The fourth-order valence-corrected chi connectivity index (χ4v) is 4.43. The van der Waals surface area contributed by atoms with Crippen molar-refractivity contribution in [2.24, 2.45) is 0 Å². The van der Waals surface area contributed by atoms with E-state index in [9.17, 15) is 4.79 Å². The zero-order valence-electron chi connectivity index (χ0n) is 15.2. The molecule has 0 unspecified atom stereocenters. The van der Waals surface area contributed by atoms with Crippen molar-refractivity contribution in [3.63, 3.8) is 0 Å². The number of benzene rings is 2. The molecule has 1 atom stereocenters. The number of carbonyl (C=O) groups excluding carboxylic acids is 1. The van der Waals surface area contributed by atoms with Crippen LogP contribution in [0.1, 0.15) is 30.0 Å². The van der Waals surface area contributed by atoms with Crippen LogP contribution in [0.3, 0.4) is 0 Å². The first-order valence-electron chi connectivity index (χ1n) is 9.39. The molecule has 1 aliphatic carbocycles. The molecule has 0 saturated heterocycles. The van der Waals surface area contributed by atoms with Crippen molar-refractivity contribution in [1.29, 1.82) is 0 Å². The number of aromatic nitrogens is 4. The van der Waals surface area contributed by atoms with Gasteiger partial charge in [0.2, 0.25) is 11.1 Å². The summed E-state index contributed by atoms with van der Waals surface area (Å²) in [5.41, 5.74) is 5.01. The third-order valence-electron chi connectivity index (χ3n) is 5.14. The average molecular weight is 389 g/mol. The number of carbonyl (C=O) groups is 1. The summed E-state index contributed by atoms with van der Waals surface area (Å²) in [5.74, 6) is 0.263. The zero-order chi connectivity index (χ0) is 18.9. The Bertz CT molecular complexity index is 1170. The molecule has 2 aromatic carbocycles. The van der Waals surface area contributed by atoms with Crippen molar-refractivity contribution in [2.45, 2.75) is 30.5 Å². The van der Waals surface area contributed by atoms with Crippen LogP contribution >= 0.6 is 11.8 Å². The largest absolute Gasteiger partial charge is 0.349 e. The van der Waals surface area contributed by atoms with E-state index in [1.807, 2.05) is 30.3 Å². The molecule has 2 heterocycles. The number of amides is 1. The van der Waals surface area contributed by atoms with Crippen molar-refractivity contribution in [3.05, 3.63) is 59.7 Å². The number of hydrogen-bond donors (Lipinski definition) is 2. The van der Waals surface area contributed by atoms with Crippen molar-refractivity contribution in [1.82, 2.24) is 25.5 Å². The molecule has 28 heavy (non-hydrogen) atoms. The molecule has 140 valence electrons. The van der Waals surface area contributed by atoms with Gasteiger partial charge in [-0.1, -0.05) is 54.2 Å². The van der Waals surface area contributed by atoms with E-state index in [4.69, 9.17) is 0 Å². The fourth-order valence-electron chi connectivity index (χ4n) is 3.84. The quantitative estimate of drug-likeness (QED) is 0.519. The van der Waals surface area contributed by atoms with E-state index in [-0.39, 0.29) is 17.7 Å². The lowest BCUT2D eigenvalue weighted by Crippen LogP contribution is -2.32. The van der Waals surface area contributed by atoms with Gasteiger partial charge in [0.05, 0.1) is 11.8 Å². The van der Waals surface area contributed by atoms with Gasteiger partial charge in [-0.3, -0.25) is 4.79 Å². The van der Waals surface area contributed by atoms with E-state index in [0.717, 1.165) is 35.7 Å². The van der Waals surface area contributed by atoms with Crippen LogP contribution in [0.25, 0.3) is 22.1 Å². The SMILES string of the molecule is O=C(CSc1nnc2c(n1)[nH]c1ccccc12)N[C@@H]1CCCc2ccccc21. The number of nitrogens with zero attached hydrogens (tertiary/aromatic N) is 3. The Balaban J connectivity index is 1.27. The molecule has 0 aliphatic heterocycles. The van der Waals surface area contributed by atoms with Crippen LogP contribution < -0.4 is 5.32 Å². The number of aromatic amines is 1. The summed E-state index contributed by atoms with van der Waals surface area (Å²) in [7, 11) is 0. The highest BCUT2D eigenvalue weighted by atomic mass is 32.2. The van der Waals surface area contributed by atoms with E-state index in [2.05, 4.69) is 43.7 Å². The lowest BCUT2D eigenvalue weighted by Gasteiger charge is -2.26.